The molecule has 0 aliphatic rings. The minimum atomic E-state index is -4.47. The number of hydrogen-bond donors (Lipinski definition) is 1. The van der Waals surface area contributed by atoms with Crippen molar-refractivity contribution in [3.63, 3.8) is 0 Å². The van der Waals surface area contributed by atoms with E-state index in [0.717, 1.165) is 12.1 Å². The van der Waals surface area contributed by atoms with Crippen LogP contribution in [0.5, 0.6) is 11.6 Å². The summed E-state index contributed by atoms with van der Waals surface area (Å²) in [7, 11) is 0. The zero-order valence-corrected chi connectivity index (χ0v) is 14.6. The topological polar surface area (TPSA) is 81.9 Å². The van der Waals surface area contributed by atoms with Gasteiger partial charge in [-0.05, 0) is 24.3 Å². The number of nitrogens with zero attached hydrogens (tertiary/aromatic N) is 4. The van der Waals surface area contributed by atoms with E-state index >= 15 is 0 Å². The van der Waals surface area contributed by atoms with Gasteiger partial charge >= 0.3 is 6.18 Å². The number of alkyl halides is 3. The number of ether oxygens (including phenoxy) is 1. The maximum absolute atomic E-state index is 12.8. The van der Waals surface area contributed by atoms with Crippen LogP contribution in [-0.2, 0) is 24.1 Å². The first kappa shape index (κ1) is 19.3. The summed E-state index contributed by atoms with van der Waals surface area (Å²) < 4.78 is 45.6. The van der Waals surface area contributed by atoms with Gasteiger partial charge in [0.2, 0.25) is 11.8 Å². The average Bonchev–Trinajstić information content (AvgIpc) is 3.19. The molecule has 0 saturated heterocycles. The van der Waals surface area contributed by atoms with Crippen LogP contribution in [0.2, 0.25) is 0 Å². The lowest BCUT2D eigenvalue weighted by Gasteiger charge is -2.12. The molecule has 0 atom stereocenters. The Kier molecular flexibility index (Phi) is 5.87. The van der Waals surface area contributed by atoms with Gasteiger partial charge in [0.15, 0.2) is 0 Å². The van der Waals surface area contributed by atoms with Crippen molar-refractivity contribution in [3.05, 3.63) is 66.4 Å². The summed E-state index contributed by atoms with van der Waals surface area (Å²) in [5.74, 6) is -0.0879. The molecule has 7 nitrogen and oxygen atoms in total. The summed E-state index contributed by atoms with van der Waals surface area (Å²) in [5.41, 5.74) is -0.280. The third-order valence-electron chi connectivity index (χ3n) is 3.74. The van der Waals surface area contributed by atoms with Gasteiger partial charge in [-0.15, -0.1) is 0 Å². The molecule has 2 heterocycles. The first-order valence-corrected chi connectivity index (χ1v) is 8.30. The Bertz CT molecular complexity index is 929. The summed E-state index contributed by atoms with van der Waals surface area (Å²) in [5, 5.41) is 6.63. The van der Waals surface area contributed by atoms with Crippen LogP contribution >= 0.6 is 0 Å². The number of carbonyl (C=O) groups excluding carboxylic acids is 1. The normalized spacial score (nSPS) is 11.2. The number of amides is 1. The Morgan fingerprint density at radius 3 is 2.82 bits per heavy atom. The van der Waals surface area contributed by atoms with E-state index in [9.17, 15) is 18.0 Å². The Hall–Kier alpha value is -3.43. The molecular weight excluding hydrogens is 375 g/mol. The van der Waals surface area contributed by atoms with E-state index in [-0.39, 0.29) is 30.5 Å². The Morgan fingerprint density at radius 1 is 1.21 bits per heavy atom. The van der Waals surface area contributed by atoms with Gasteiger partial charge in [-0.25, -0.2) is 9.97 Å². The summed E-state index contributed by atoms with van der Waals surface area (Å²) in [4.78, 5) is 19.8. The molecule has 0 bridgehead atoms. The third kappa shape index (κ3) is 5.29. The van der Waals surface area contributed by atoms with Crippen LogP contribution in [-0.4, -0.2) is 25.7 Å². The summed E-state index contributed by atoms with van der Waals surface area (Å²) in [6.07, 6.45) is 0.0805. The number of halogens is 3. The Morgan fingerprint density at radius 2 is 2.07 bits per heavy atom. The monoisotopic (exact) mass is 391 g/mol. The van der Waals surface area contributed by atoms with Crippen LogP contribution in [0.1, 0.15) is 17.5 Å². The molecule has 2 aromatic heterocycles. The Balaban J connectivity index is 1.62. The number of pyridine rings is 1. The van der Waals surface area contributed by atoms with Crippen LogP contribution in [0, 0.1) is 0 Å². The quantitative estimate of drug-likeness (QED) is 0.669. The molecule has 3 aromatic rings. The van der Waals surface area contributed by atoms with Crippen LogP contribution < -0.4 is 10.1 Å². The molecule has 28 heavy (non-hydrogen) atoms. The second-order valence-corrected chi connectivity index (χ2v) is 5.78. The highest BCUT2D eigenvalue weighted by molar-refractivity contribution is 5.75. The highest BCUT2D eigenvalue weighted by atomic mass is 19.4. The molecule has 0 aliphatic carbocycles. The number of aryl methyl sites for hydroxylation is 1. The smallest absolute Gasteiger partial charge is 0.416 e. The van der Waals surface area contributed by atoms with Crippen LogP contribution in [0.3, 0.4) is 0 Å². The largest absolute Gasteiger partial charge is 0.439 e. The minimum absolute atomic E-state index is 0.00674. The van der Waals surface area contributed by atoms with Crippen LogP contribution in [0.15, 0.2) is 55.2 Å². The van der Waals surface area contributed by atoms with E-state index in [4.69, 9.17) is 4.74 Å². The van der Waals surface area contributed by atoms with E-state index in [1.807, 2.05) is 0 Å². The molecule has 10 heteroatoms. The lowest BCUT2D eigenvalue weighted by molar-refractivity contribution is -0.137. The summed E-state index contributed by atoms with van der Waals surface area (Å²) >= 11 is 0. The molecule has 0 radical (unpaired) electrons. The molecular formula is C18H16F3N5O2. The molecule has 0 spiro atoms. The minimum Gasteiger partial charge on any atom is -0.439 e. The number of hydrogen-bond acceptors (Lipinski definition) is 5. The van der Waals surface area contributed by atoms with Crippen LogP contribution in [0.4, 0.5) is 13.2 Å². The van der Waals surface area contributed by atoms with Gasteiger partial charge in [-0.1, -0.05) is 12.1 Å². The zero-order chi connectivity index (χ0) is 20.0. The average molecular weight is 391 g/mol. The first-order chi connectivity index (χ1) is 13.4. The fourth-order valence-corrected chi connectivity index (χ4v) is 2.34. The van der Waals surface area contributed by atoms with Gasteiger partial charge in [0.05, 0.1) is 12.1 Å². The van der Waals surface area contributed by atoms with E-state index in [1.165, 1.54) is 35.7 Å². The van der Waals surface area contributed by atoms with Crippen molar-refractivity contribution in [1.82, 2.24) is 25.1 Å². The SMILES string of the molecule is O=C(CCn1cncn1)NCc1cccnc1Oc1cccc(C(F)(F)F)c1. The predicted molar refractivity (Wildman–Crippen MR) is 92.2 cm³/mol. The zero-order valence-electron chi connectivity index (χ0n) is 14.6. The second kappa shape index (κ2) is 8.51. The van der Waals surface area contributed by atoms with E-state index in [2.05, 4.69) is 20.4 Å². The Labute approximate surface area is 158 Å². The molecule has 1 N–H and O–H groups in total. The molecule has 0 saturated carbocycles. The maximum Gasteiger partial charge on any atom is 0.416 e. The van der Waals surface area contributed by atoms with Gasteiger partial charge in [-0.3, -0.25) is 9.48 Å². The molecule has 0 unspecified atom stereocenters. The number of benzene rings is 1. The maximum atomic E-state index is 12.8. The van der Waals surface area contributed by atoms with Gasteiger partial charge in [0, 0.05) is 24.7 Å². The van der Waals surface area contributed by atoms with Crippen molar-refractivity contribution in [2.75, 3.05) is 0 Å². The lowest BCUT2D eigenvalue weighted by atomic mass is 10.2. The predicted octanol–water partition coefficient (Wildman–Crippen LogP) is 3.19. The van der Waals surface area contributed by atoms with Crippen molar-refractivity contribution < 1.29 is 22.7 Å². The van der Waals surface area contributed by atoms with Gasteiger partial charge in [0.1, 0.15) is 18.4 Å². The highest BCUT2D eigenvalue weighted by Crippen LogP contribution is 2.32. The van der Waals surface area contributed by atoms with Gasteiger partial charge < -0.3 is 10.1 Å². The van der Waals surface area contributed by atoms with Gasteiger partial charge in [-0.2, -0.15) is 18.3 Å². The van der Waals surface area contributed by atoms with Crippen LogP contribution in [0.25, 0.3) is 0 Å². The number of aromatic nitrogens is 4. The fraction of sp³-hybridized carbons (Fsp3) is 0.222. The molecule has 1 amide bonds. The van der Waals surface area contributed by atoms with Crippen molar-refractivity contribution in [2.45, 2.75) is 25.7 Å². The number of nitrogens with one attached hydrogen (secondary N) is 1. The summed E-state index contributed by atoms with van der Waals surface area (Å²) in [6.45, 7) is 0.505. The van der Waals surface area contributed by atoms with Crippen molar-refractivity contribution in [2.24, 2.45) is 0 Å². The van der Waals surface area contributed by atoms with E-state index in [1.54, 1.807) is 12.1 Å². The van der Waals surface area contributed by atoms with Crippen molar-refractivity contribution in [1.29, 1.82) is 0 Å². The highest BCUT2D eigenvalue weighted by Gasteiger charge is 2.30. The molecule has 0 aliphatic heterocycles. The molecule has 1 aromatic carbocycles. The summed E-state index contributed by atoms with van der Waals surface area (Å²) in [6, 6.07) is 7.84. The molecule has 0 fully saturated rings. The second-order valence-electron chi connectivity index (χ2n) is 5.78. The number of carbonyl (C=O) groups is 1. The molecule has 146 valence electrons. The number of rotatable bonds is 7. The molecule has 3 rings (SSSR count). The van der Waals surface area contributed by atoms with Crippen molar-refractivity contribution in [3.8, 4) is 11.6 Å². The van der Waals surface area contributed by atoms with E-state index in [0.29, 0.717) is 12.1 Å². The van der Waals surface area contributed by atoms with E-state index < -0.39 is 11.7 Å². The first-order valence-electron chi connectivity index (χ1n) is 8.30. The third-order valence-corrected chi connectivity index (χ3v) is 3.74. The fourth-order valence-electron chi connectivity index (χ4n) is 2.34. The standard InChI is InChI=1S/C18H16F3N5O2/c19-18(20,21)14-4-1-5-15(9-14)28-17-13(3-2-7-23-17)10-24-16(27)6-8-26-12-22-11-25-26/h1-5,7,9,11-12H,6,8,10H2,(H,24,27). The van der Waals surface area contributed by atoms with Crippen molar-refractivity contribution >= 4 is 5.91 Å². The van der Waals surface area contributed by atoms with Gasteiger partial charge in [0.25, 0.3) is 0 Å². The lowest BCUT2D eigenvalue weighted by Crippen LogP contribution is -2.24.